The normalized spacial score (nSPS) is 10.4. The maximum absolute atomic E-state index is 12.5. The number of benzene rings is 2. The van der Waals surface area contributed by atoms with Crippen LogP contribution in [0.3, 0.4) is 0 Å². The zero-order valence-corrected chi connectivity index (χ0v) is 14.5. The summed E-state index contributed by atoms with van der Waals surface area (Å²) in [5.74, 6) is -1.09. The molecule has 1 heterocycles. The van der Waals surface area contributed by atoms with Gasteiger partial charge in [0.05, 0.1) is 11.3 Å². The number of amides is 1. The lowest BCUT2D eigenvalue weighted by Gasteiger charge is -2.05. The van der Waals surface area contributed by atoms with Crippen LogP contribution in [0.2, 0.25) is 0 Å². The smallest absolute Gasteiger partial charge is 0.307 e. The summed E-state index contributed by atoms with van der Waals surface area (Å²) in [5, 5.41) is 11.7. The number of anilines is 1. The van der Waals surface area contributed by atoms with Crippen LogP contribution in [0.4, 0.5) is 5.69 Å². The fourth-order valence-electron chi connectivity index (χ4n) is 2.60. The molecule has 0 unspecified atom stereocenters. The topological polar surface area (TPSA) is 66.4 Å². The van der Waals surface area contributed by atoms with E-state index in [4.69, 9.17) is 5.11 Å². The van der Waals surface area contributed by atoms with E-state index in [9.17, 15) is 9.59 Å². The fourth-order valence-corrected chi connectivity index (χ4v) is 3.67. The number of rotatable bonds is 5. The number of thiophene rings is 1. The monoisotopic (exact) mass is 351 g/mol. The van der Waals surface area contributed by atoms with Crippen LogP contribution in [0.15, 0.2) is 60.7 Å². The highest BCUT2D eigenvalue weighted by Crippen LogP contribution is 2.32. The quantitative estimate of drug-likeness (QED) is 0.706. The molecule has 1 aromatic heterocycles. The van der Waals surface area contributed by atoms with Crippen LogP contribution in [0.1, 0.15) is 20.8 Å². The Morgan fingerprint density at radius 2 is 1.80 bits per heavy atom. The first-order chi connectivity index (χ1) is 12.0. The SMILES string of the molecule is Cc1cc(C(=O)Nc2cccc(CC(=O)O)c2)sc1-c1ccccc1. The van der Waals surface area contributed by atoms with Gasteiger partial charge in [0, 0.05) is 10.6 Å². The van der Waals surface area contributed by atoms with Crippen molar-refractivity contribution < 1.29 is 14.7 Å². The van der Waals surface area contributed by atoms with Gasteiger partial charge < -0.3 is 10.4 Å². The van der Waals surface area contributed by atoms with Crippen molar-refractivity contribution in [3.8, 4) is 10.4 Å². The van der Waals surface area contributed by atoms with Gasteiger partial charge in [-0.25, -0.2) is 0 Å². The molecule has 2 aromatic carbocycles. The fraction of sp³-hybridized carbons (Fsp3) is 0.100. The Morgan fingerprint density at radius 1 is 1.04 bits per heavy atom. The average molecular weight is 351 g/mol. The molecule has 25 heavy (non-hydrogen) atoms. The predicted molar refractivity (Wildman–Crippen MR) is 100 cm³/mol. The molecule has 126 valence electrons. The van der Waals surface area contributed by atoms with E-state index in [1.807, 2.05) is 43.3 Å². The third-order valence-electron chi connectivity index (χ3n) is 3.72. The summed E-state index contributed by atoms with van der Waals surface area (Å²) in [6, 6.07) is 18.7. The standard InChI is InChI=1S/C20H17NO3S/c1-13-10-17(25-19(13)15-7-3-2-4-8-15)20(24)21-16-9-5-6-14(11-16)12-18(22)23/h2-11H,12H2,1H3,(H,21,24)(H,22,23). The van der Waals surface area contributed by atoms with Crippen molar-refractivity contribution in [3.05, 3.63) is 76.7 Å². The van der Waals surface area contributed by atoms with E-state index < -0.39 is 5.97 Å². The van der Waals surface area contributed by atoms with Gasteiger partial charge in [-0.2, -0.15) is 0 Å². The first kappa shape index (κ1) is 16.9. The van der Waals surface area contributed by atoms with Gasteiger partial charge in [-0.15, -0.1) is 11.3 Å². The Kier molecular flexibility index (Phi) is 4.95. The second-order valence-corrected chi connectivity index (χ2v) is 6.77. The molecule has 0 fully saturated rings. The number of aliphatic carboxylic acids is 1. The van der Waals surface area contributed by atoms with Crippen molar-refractivity contribution in [3.63, 3.8) is 0 Å². The largest absolute Gasteiger partial charge is 0.481 e. The van der Waals surface area contributed by atoms with Crippen LogP contribution in [0.5, 0.6) is 0 Å². The lowest BCUT2D eigenvalue weighted by molar-refractivity contribution is -0.136. The maximum Gasteiger partial charge on any atom is 0.307 e. The number of carboxylic acids is 1. The number of hydrogen-bond donors (Lipinski definition) is 2. The molecule has 0 aliphatic carbocycles. The number of hydrogen-bond acceptors (Lipinski definition) is 3. The average Bonchev–Trinajstić information content (AvgIpc) is 2.97. The van der Waals surface area contributed by atoms with Gasteiger partial charge in [-0.1, -0.05) is 42.5 Å². The Morgan fingerprint density at radius 3 is 2.52 bits per heavy atom. The number of carboxylic acid groups (broad SMARTS) is 1. The van der Waals surface area contributed by atoms with Gasteiger partial charge in [0.1, 0.15) is 0 Å². The van der Waals surface area contributed by atoms with Crippen molar-refractivity contribution in [2.45, 2.75) is 13.3 Å². The third-order valence-corrected chi connectivity index (χ3v) is 5.00. The first-order valence-corrected chi connectivity index (χ1v) is 8.62. The van der Waals surface area contributed by atoms with Gasteiger partial charge in [-0.3, -0.25) is 9.59 Å². The van der Waals surface area contributed by atoms with E-state index in [-0.39, 0.29) is 12.3 Å². The van der Waals surface area contributed by atoms with E-state index in [2.05, 4.69) is 5.32 Å². The molecule has 0 radical (unpaired) electrons. The molecule has 0 aliphatic rings. The predicted octanol–water partition coefficient (Wildman–Crippen LogP) is 4.60. The molecule has 0 atom stereocenters. The van der Waals surface area contributed by atoms with E-state index in [1.54, 1.807) is 24.3 Å². The number of aryl methyl sites for hydroxylation is 1. The van der Waals surface area contributed by atoms with Gasteiger partial charge in [0.15, 0.2) is 0 Å². The minimum atomic E-state index is -0.898. The summed E-state index contributed by atoms with van der Waals surface area (Å²) in [6.45, 7) is 1.99. The van der Waals surface area contributed by atoms with Gasteiger partial charge in [0.25, 0.3) is 5.91 Å². The maximum atomic E-state index is 12.5. The molecule has 4 nitrogen and oxygen atoms in total. The summed E-state index contributed by atoms with van der Waals surface area (Å²) in [6.07, 6.45) is -0.0695. The van der Waals surface area contributed by atoms with E-state index in [1.165, 1.54) is 11.3 Å². The number of carbonyl (C=O) groups is 2. The van der Waals surface area contributed by atoms with Crippen molar-refractivity contribution >= 4 is 28.9 Å². The van der Waals surface area contributed by atoms with Crippen LogP contribution >= 0.6 is 11.3 Å². The summed E-state index contributed by atoms with van der Waals surface area (Å²) in [7, 11) is 0. The van der Waals surface area contributed by atoms with Crippen molar-refractivity contribution in [2.75, 3.05) is 5.32 Å². The van der Waals surface area contributed by atoms with E-state index >= 15 is 0 Å². The van der Waals surface area contributed by atoms with Crippen LogP contribution in [-0.4, -0.2) is 17.0 Å². The highest BCUT2D eigenvalue weighted by Gasteiger charge is 2.14. The molecule has 3 aromatic rings. The molecular formula is C20H17NO3S. The molecule has 0 saturated heterocycles. The third kappa shape index (κ3) is 4.14. The molecular weight excluding hydrogens is 334 g/mol. The van der Waals surface area contributed by atoms with Crippen molar-refractivity contribution in [2.24, 2.45) is 0 Å². The van der Waals surface area contributed by atoms with Crippen molar-refractivity contribution in [1.82, 2.24) is 0 Å². The van der Waals surface area contributed by atoms with E-state index in [0.29, 0.717) is 16.1 Å². The minimum absolute atomic E-state index is 0.0695. The Bertz CT molecular complexity index is 916. The summed E-state index contributed by atoms with van der Waals surface area (Å²) < 4.78 is 0. The molecule has 2 N–H and O–H groups in total. The summed E-state index contributed by atoms with van der Waals surface area (Å²) in [4.78, 5) is 25.0. The number of nitrogens with one attached hydrogen (secondary N) is 1. The van der Waals surface area contributed by atoms with Gasteiger partial charge in [0.2, 0.25) is 0 Å². The molecule has 5 heteroatoms. The second kappa shape index (κ2) is 7.32. The number of carbonyl (C=O) groups excluding carboxylic acids is 1. The van der Waals surface area contributed by atoms with Crippen LogP contribution in [0, 0.1) is 6.92 Å². The van der Waals surface area contributed by atoms with Crippen LogP contribution < -0.4 is 5.32 Å². The highest BCUT2D eigenvalue weighted by atomic mass is 32.1. The lowest BCUT2D eigenvalue weighted by Crippen LogP contribution is -2.10. The first-order valence-electron chi connectivity index (χ1n) is 7.81. The van der Waals surface area contributed by atoms with Gasteiger partial charge in [-0.05, 0) is 41.8 Å². The molecule has 0 saturated carbocycles. The van der Waals surface area contributed by atoms with Crippen molar-refractivity contribution in [1.29, 1.82) is 0 Å². The van der Waals surface area contributed by atoms with Crippen LogP contribution in [-0.2, 0) is 11.2 Å². The minimum Gasteiger partial charge on any atom is -0.481 e. The summed E-state index contributed by atoms with van der Waals surface area (Å²) in [5.41, 5.74) is 3.39. The highest BCUT2D eigenvalue weighted by molar-refractivity contribution is 7.17. The zero-order chi connectivity index (χ0) is 17.8. The molecule has 1 amide bonds. The van der Waals surface area contributed by atoms with Crippen LogP contribution in [0.25, 0.3) is 10.4 Å². The molecule has 0 bridgehead atoms. The molecule has 3 rings (SSSR count). The Hall–Kier alpha value is -2.92. The zero-order valence-electron chi connectivity index (χ0n) is 13.7. The Labute approximate surface area is 149 Å². The lowest BCUT2D eigenvalue weighted by atomic mass is 10.1. The van der Waals surface area contributed by atoms with Gasteiger partial charge >= 0.3 is 5.97 Å². The van der Waals surface area contributed by atoms with E-state index in [0.717, 1.165) is 16.0 Å². The molecule has 0 aliphatic heterocycles. The molecule has 0 spiro atoms. The second-order valence-electron chi connectivity index (χ2n) is 5.71. The summed E-state index contributed by atoms with van der Waals surface area (Å²) >= 11 is 1.45. The Balaban J connectivity index is 1.79.